The third-order valence-electron chi connectivity index (χ3n) is 5.87. The SMILES string of the molecule is Cc1cc(C(=O)N2C=C(C(=O)OCC(O)CO)c3[nH]c4ncccc4c3C(C)(C)C2)ccc1F. The van der Waals surface area contributed by atoms with E-state index in [0.717, 1.165) is 10.9 Å². The van der Waals surface area contributed by atoms with Gasteiger partial charge >= 0.3 is 5.97 Å². The Hall–Kier alpha value is -3.56. The van der Waals surface area contributed by atoms with Gasteiger partial charge in [0.25, 0.3) is 5.91 Å². The number of rotatable bonds is 5. The summed E-state index contributed by atoms with van der Waals surface area (Å²) < 4.78 is 19.0. The molecule has 3 aromatic rings. The largest absolute Gasteiger partial charge is 0.459 e. The van der Waals surface area contributed by atoms with Gasteiger partial charge in [-0.05, 0) is 48.4 Å². The summed E-state index contributed by atoms with van der Waals surface area (Å²) in [6.07, 6.45) is 1.82. The van der Waals surface area contributed by atoms with Crippen LogP contribution in [0.3, 0.4) is 0 Å². The molecule has 0 radical (unpaired) electrons. The van der Waals surface area contributed by atoms with Crippen LogP contribution in [0.2, 0.25) is 0 Å². The maximum absolute atomic E-state index is 13.8. The minimum Gasteiger partial charge on any atom is -0.459 e. The molecule has 1 aliphatic heterocycles. The number of benzene rings is 1. The second kappa shape index (κ2) is 9.00. The number of halogens is 1. The highest BCUT2D eigenvalue weighted by molar-refractivity contribution is 6.18. The summed E-state index contributed by atoms with van der Waals surface area (Å²) in [5.74, 6) is -1.58. The molecular formula is C25H26FN3O5. The number of carbonyl (C=O) groups is 2. The zero-order valence-electron chi connectivity index (χ0n) is 19.1. The third-order valence-corrected chi connectivity index (χ3v) is 5.87. The standard InChI is InChI=1S/C25H26FN3O5/c1-14-9-15(6-7-19(14)26)23(32)29-10-18(24(33)34-12-16(31)11-30)21-20(25(2,3)13-29)17-5-4-8-27-22(17)28-21/h4-10,16,30-31H,11-13H2,1-3H3,(H,27,28). The molecule has 0 spiro atoms. The molecule has 1 unspecified atom stereocenters. The van der Waals surface area contributed by atoms with Crippen LogP contribution in [0.5, 0.6) is 0 Å². The normalized spacial score (nSPS) is 15.9. The van der Waals surface area contributed by atoms with Crippen LogP contribution in [0.1, 0.15) is 41.0 Å². The molecule has 1 aromatic carbocycles. The quantitative estimate of drug-likeness (QED) is 0.497. The number of ether oxygens (including phenoxy) is 1. The Bertz CT molecular complexity index is 1300. The van der Waals surface area contributed by atoms with Crippen LogP contribution in [0, 0.1) is 12.7 Å². The Kier molecular flexibility index (Phi) is 6.24. The van der Waals surface area contributed by atoms with Gasteiger partial charge in [0, 0.05) is 35.3 Å². The number of H-pyrrole nitrogens is 1. The number of aryl methyl sites for hydroxylation is 1. The Labute approximate surface area is 195 Å². The molecule has 1 atom stereocenters. The van der Waals surface area contributed by atoms with E-state index in [0.29, 0.717) is 16.9 Å². The highest BCUT2D eigenvalue weighted by Gasteiger charge is 2.38. The van der Waals surface area contributed by atoms with E-state index in [9.17, 15) is 19.1 Å². The number of fused-ring (bicyclic) bond motifs is 3. The molecule has 1 amide bonds. The van der Waals surface area contributed by atoms with Crippen molar-refractivity contribution in [2.24, 2.45) is 0 Å². The van der Waals surface area contributed by atoms with Crippen LogP contribution < -0.4 is 0 Å². The fourth-order valence-electron chi connectivity index (χ4n) is 4.23. The van der Waals surface area contributed by atoms with E-state index in [-0.39, 0.29) is 17.7 Å². The summed E-state index contributed by atoms with van der Waals surface area (Å²) in [5.41, 5.74) is 1.94. The lowest BCUT2D eigenvalue weighted by molar-refractivity contribution is -0.140. The third kappa shape index (κ3) is 4.32. The minimum absolute atomic E-state index is 0.0795. The number of amides is 1. The number of nitrogens with zero attached hydrogens (tertiary/aromatic N) is 2. The monoisotopic (exact) mass is 467 g/mol. The number of hydrogen-bond donors (Lipinski definition) is 3. The molecule has 1 aliphatic rings. The molecule has 2 aromatic heterocycles. The van der Waals surface area contributed by atoms with Crippen LogP contribution in [0.15, 0.2) is 42.7 Å². The number of aromatic amines is 1. The fraction of sp³-hybridized carbons (Fsp3) is 0.320. The van der Waals surface area contributed by atoms with Crippen LogP contribution in [-0.4, -0.2) is 62.8 Å². The summed E-state index contributed by atoms with van der Waals surface area (Å²) in [5, 5.41) is 19.5. The van der Waals surface area contributed by atoms with E-state index in [1.807, 2.05) is 19.9 Å². The Morgan fingerprint density at radius 3 is 2.79 bits per heavy atom. The number of aliphatic hydroxyl groups excluding tert-OH is 2. The highest BCUT2D eigenvalue weighted by Crippen LogP contribution is 2.40. The first-order chi connectivity index (χ1) is 16.1. The van der Waals surface area contributed by atoms with Crippen molar-refractivity contribution >= 4 is 28.5 Å². The summed E-state index contributed by atoms with van der Waals surface area (Å²) >= 11 is 0. The first kappa shape index (κ1) is 23.6. The second-order valence-corrected chi connectivity index (χ2v) is 9.03. The number of aliphatic hydroxyl groups is 2. The van der Waals surface area contributed by atoms with Crippen LogP contribution in [-0.2, 0) is 14.9 Å². The molecule has 178 valence electrons. The maximum Gasteiger partial charge on any atom is 0.341 e. The first-order valence-corrected chi connectivity index (χ1v) is 10.8. The van der Waals surface area contributed by atoms with Gasteiger partial charge in [-0.3, -0.25) is 4.79 Å². The molecule has 0 fully saturated rings. The molecule has 8 nitrogen and oxygen atoms in total. The predicted molar refractivity (Wildman–Crippen MR) is 123 cm³/mol. The summed E-state index contributed by atoms with van der Waals surface area (Å²) in [4.78, 5) is 35.5. The van der Waals surface area contributed by atoms with Gasteiger partial charge in [0.15, 0.2) is 0 Å². The minimum atomic E-state index is -1.23. The fourth-order valence-corrected chi connectivity index (χ4v) is 4.23. The summed E-state index contributed by atoms with van der Waals surface area (Å²) in [6.45, 7) is 4.75. The van der Waals surface area contributed by atoms with Crippen molar-refractivity contribution < 1.29 is 28.9 Å². The highest BCUT2D eigenvalue weighted by atomic mass is 19.1. The van der Waals surface area contributed by atoms with Gasteiger partial charge in [0.2, 0.25) is 0 Å². The van der Waals surface area contributed by atoms with Crippen molar-refractivity contribution in [1.29, 1.82) is 0 Å². The van der Waals surface area contributed by atoms with Crippen molar-refractivity contribution in [3.63, 3.8) is 0 Å². The topological polar surface area (TPSA) is 116 Å². The molecular weight excluding hydrogens is 441 g/mol. The zero-order valence-corrected chi connectivity index (χ0v) is 19.1. The number of aromatic nitrogens is 2. The van der Waals surface area contributed by atoms with Crippen LogP contribution in [0.25, 0.3) is 16.6 Å². The zero-order chi connectivity index (χ0) is 24.6. The van der Waals surface area contributed by atoms with E-state index < -0.39 is 42.4 Å². The average Bonchev–Trinajstić information content (AvgIpc) is 3.16. The van der Waals surface area contributed by atoms with Crippen molar-refractivity contribution in [2.45, 2.75) is 32.3 Å². The molecule has 3 N–H and O–H groups in total. The van der Waals surface area contributed by atoms with Gasteiger partial charge in [-0.25, -0.2) is 14.2 Å². The number of pyridine rings is 1. The maximum atomic E-state index is 13.8. The van der Waals surface area contributed by atoms with Crippen molar-refractivity contribution in [2.75, 3.05) is 19.8 Å². The molecule has 3 heterocycles. The van der Waals surface area contributed by atoms with Gasteiger partial charge in [-0.15, -0.1) is 0 Å². The van der Waals surface area contributed by atoms with Gasteiger partial charge < -0.3 is 24.8 Å². The molecule has 0 bridgehead atoms. The van der Waals surface area contributed by atoms with Crippen LogP contribution >= 0.6 is 0 Å². The van der Waals surface area contributed by atoms with Gasteiger partial charge in [0.1, 0.15) is 24.2 Å². The Balaban J connectivity index is 1.83. The molecule has 34 heavy (non-hydrogen) atoms. The second-order valence-electron chi connectivity index (χ2n) is 9.03. The lowest BCUT2D eigenvalue weighted by atomic mass is 9.82. The van der Waals surface area contributed by atoms with Crippen LogP contribution in [0.4, 0.5) is 4.39 Å². The number of carbonyl (C=O) groups excluding carboxylic acids is 2. The van der Waals surface area contributed by atoms with E-state index in [1.165, 1.54) is 29.3 Å². The number of hydrogen-bond acceptors (Lipinski definition) is 6. The Morgan fingerprint density at radius 1 is 1.32 bits per heavy atom. The van der Waals surface area contributed by atoms with E-state index in [1.54, 1.807) is 19.2 Å². The lowest BCUT2D eigenvalue weighted by Gasteiger charge is -2.29. The van der Waals surface area contributed by atoms with Crippen molar-refractivity contribution in [3.8, 4) is 0 Å². The van der Waals surface area contributed by atoms with E-state index in [2.05, 4.69) is 9.97 Å². The van der Waals surface area contributed by atoms with E-state index in [4.69, 9.17) is 9.84 Å². The molecule has 4 rings (SSSR count). The van der Waals surface area contributed by atoms with Gasteiger partial charge in [-0.2, -0.15) is 0 Å². The summed E-state index contributed by atoms with van der Waals surface area (Å²) in [7, 11) is 0. The molecule has 9 heteroatoms. The van der Waals surface area contributed by atoms with E-state index >= 15 is 0 Å². The summed E-state index contributed by atoms with van der Waals surface area (Å²) in [6, 6.07) is 7.80. The molecule has 0 saturated carbocycles. The first-order valence-electron chi connectivity index (χ1n) is 10.8. The lowest BCUT2D eigenvalue weighted by Crippen LogP contribution is -2.37. The number of nitrogens with one attached hydrogen (secondary N) is 1. The van der Waals surface area contributed by atoms with Crippen molar-refractivity contribution in [3.05, 3.63) is 70.9 Å². The molecule has 0 aliphatic carbocycles. The average molecular weight is 467 g/mol. The van der Waals surface area contributed by atoms with Gasteiger partial charge in [0.05, 0.1) is 17.9 Å². The van der Waals surface area contributed by atoms with Crippen molar-refractivity contribution in [1.82, 2.24) is 14.9 Å². The number of esters is 1. The smallest absolute Gasteiger partial charge is 0.341 e. The van der Waals surface area contributed by atoms with Gasteiger partial charge in [-0.1, -0.05) is 13.8 Å². The molecule has 0 saturated heterocycles. The Morgan fingerprint density at radius 2 is 2.09 bits per heavy atom. The predicted octanol–water partition coefficient (Wildman–Crippen LogP) is 2.68.